The Labute approximate surface area is 175 Å². The maximum Gasteiger partial charge on any atom is 0.360 e. The van der Waals surface area contributed by atoms with Gasteiger partial charge in [-0.15, -0.1) is 0 Å². The number of ether oxygens (including phenoxy) is 1. The van der Waals surface area contributed by atoms with Crippen LogP contribution in [0, 0.1) is 6.92 Å². The minimum absolute atomic E-state index is 0.0683. The summed E-state index contributed by atoms with van der Waals surface area (Å²) in [4.78, 5) is 27.1. The van der Waals surface area contributed by atoms with Gasteiger partial charge in [0.05, 0.1) is 12.8 Å². The van der Waals surface area contributed by atoms with E-state index in [1.807, 2.05) is 56.3 Å². The maximum absolute atomic E-state index is 12.1. The summed E-state index contributed by atoms with van der Waals surface area (Å²) in [5, 5.41) is 10.2. The number of carbonyl (C=O) groups is 1. The molecular weight excluding hydrogens is 382 g/mol. The number of aromatic nitrogens is 1. The van der Waals surface area contributed by atoms with Crippen LogP contribution < -0.4 is 0 Å². The molecule has 0 amide bonds. The van der Waals surface area contributed by atoms with Gasteiger partial charge >= 0.3 is 5.97 Å². The van der Waals surface area contributed by atoms with Crippen molar-refractivity contribution in [1.82, 2.24) is 4.98 Å². The molecule has 0 aliphatic rings. The van der Waals surface area contributed by atoms with Crippen molar-refractivity contribution in [2.24, 2.45) is 10.3 Å². The number of hydrogen-bond acceptors (Lipinski definition) is 7. The van der Waals surface area contributed by atoms with E-state index in [1.54, 1.807) is 12.3 Å². The van der Waals surface area contributed by atoms with Gasteiger partial charge in [0.25, 0.3) is 0 Å². The maximum atomic E-state index is 12.1. The van der Waals surface area contributed by atoms with E-state index in [9.17, 15) is 4.79 Å². The summed E-state index contributed by atoms with van der Waals surface area (Å²) < 4.78 is 4.83. The van der Waals surface area contributed by atoms with E-state index in [4.69, 9.17) is 14.4 Å². The van der Waals surface area contributed by atoms with Crippen molar-refractivity contribution in [3.8, 4) is 0 Å². The number of methoxy groups -OCH3 is 1. The summed E-state index contributed by atoms with van der Waals surface area (Å²) in [6.07, 6.45) is 1.75. The van der Waals surface area contributed by atoms with Crippen LogP contribution in [0.4, 0.5) is 0 Å². The van der Waals surface area contributed by atoms with Crippen LogP contribution >= 0.6 is 0 Å². The van der Waals surface area contributed by atoms with Crippen LogP contribution in [0.5, 0.6) is 0 Å². The summed E-state index contributed by atoms with van der Waals surface area (Å²) in [6, 6.07) is 15.4. The third-order valence-electron chi connectivity index (χ3n) is 4.65. The number of aryl methyl sites for hydroxylation is 1. The van der Waals surface area contributed by atoms with Crippen molar-refractivity contribution in [3.05, 3.63) is 77.1 Å². The molecule has 7 nitrogen and oxygen atoms in total. The molecule has 154 valence electrons. The third-order valence-corrected chi connectivity index (χ3v) is 4.65. The molecule has 3 aromatic rings. The van der Waals surface area contributed by atoms with Crippen molar-refractivity contribution in [1.29, 1.82) is 0 Å². The zero-order chi connectivity index (χ0) is 21.5. The zero-order valence-corrected chi connectivity index (χ0v) is 17.4. The fourth-order valence-electron chi connectivity index (χ4n) is 3.14. The van der Waals surface area contributed by atoms with E-state index >= 15 is 0 Å². The molecule has 0 bridgehead atoms. The molecule has 1 heterocycles. The summed E-state index contributed by atoms with van der Waals surface area (Å²) in [6.45, 7) is 3.91. The van der Waals surface area contributed by atoms with E-state index in [0.717, 1.165) is 27.6 Å². The first-order valence-electron chi connectivity index (χ1n) is 9.35. The molecule has 0 radical (unpaired) electrons. The Morgan fingerprint density at radius 3 is 2.60 bits per heavy atom. The van der Waals surface area contributed by atoms with Gasteiger partial charge in [0.15, 0.2) is 5.71 Å². The van der Waals surface area contributed by atoms with Crippen molar-refractivity contribution in [2.45, 2.75) is 20.5 Å². The van der Waals surface area contributed by atoms with Crippen LogP contribution in [0.2, 0.25) is 0 Å². The minimum atomic E-state index is -0.594. The van der Waals surface area contributed by atoms with E-state index in [1.165, 1.54) is 14.2 Å². The normalized spacial score (nSPS) is 12.0. The molecular formula is C23H23N3O4. The lowest BCUT2D eigenvalue weighted by Gasteiger charge is -2.12. The van der Waals surface area contributed by atoms with Crippen molar-refractivity contribution >= 4 is 28.2 Å². The summed E-state index contributed by atoms with van der Waals surface area (Å²) in [5.41, 5.74) is 3.74. The third kappa shape index (κ3) is 4.46. The Kier molecular flexibility index (Phi) is 6.75. The smallest absolute Gasteiger partial charge is 0.360 e. The highest BCUT2D eigenvalue weighted by Crippen LogP contribution is 2.19. The Balaban J connectivity index is 1.89. The monoisotopic (exact) mass is 405 g/mol. The number of nitrogens with zero attached hydrogens (tertiary/aromatic N) is 3. The van der Waals surface area contributed by atoms with E-state index in [2.05, 4.69) is 15.3 Å². The number of benzene rings is 2. The Morgan fingerprint density at radius 2 is 1.83 bits per heavy atom. The molecule has 0 unspecified atom stereocenters. The fourth-order valence-corrected chi connectivity index (χ4v) is 3.14. The molecule has 0 saturated carbocycles. The van der Waals surface area contributed by atoms with Crippen LogP contribution in [0.1, 0.15) is 29.3 Å². The Hall–Kier alpha value is -3.74. The van der Waals surface area contributed by atoms with Gasteiger partial charge in [-0.05, 0) is 30.9 Å². The lowest BCUT2D eigenvalue weighted by Crippen LogP contribution is -2.20. The molecule has 0 atom stereocenters. The first-order valence-corrected chi connectivity index (χ1v) is 9.35. The second kappa shape index (κ2) is 9.65. The summed E-state index contributed by atoms with van der Waals surface area (Å²) >= 11 is 0. The number of hydrogen-bond donors (Lipinski definition) is 0. The number of fused-ring (bicyclic) bond motifs is 1. The van der Waals surface area contributed by atoms with Crippen molar-refractivity contribution < 1.29 is 19.2 Å². The van der Waals surface area contributed by atoms with E-state index in [-0.39, 0.29) is 12.3 Å². The predicted molar refractivity (Wildman–Crippen MR) is 115 cm³/mol. The van der Waals surface area contributed by atoms with Gasteiger partial charge in [-0.1, -0.05) is 52.8 Å². The Morgan fingerprint density at radius 1 is 1.03 bits per heavy atom. The first kappa shape index (κ1) is 21.0. The second-order valence-corrected chi connectivity index (χ2v) is 6.55. The van der Waals surface area contributed by atoms with Crippen LogP contribution in [0.15, 0.2) is 65.0 Å². The molecule has 30 heavy (non-hydrogen) atoms. The van der Waals surface area contributed by atoms with Gasteiger partial charge in [0.2, 0.25) is 0 Å². The summed E-state index contributed by atoms with van der Waals surface area (Å²) in [5.74, 6) is -0.594. The number of oxime groups is 2. The molecule has 7 heteroatoms. The van der Waals surface area contributed by atoms with Crippen LogP contribution in [0.3, 0.4) is 0 Å². The van der Waals surface area contributed by atoms with Crippen LogP contribution in [-0.4, -0.2) is 36.6 Å². The number of esters is 1. The number of rotatable bonds is 7. The SMILES string of the molecule is CO/N=C(/C(=O)OC)c1cccc(C)c1CO/N=C(\C)c1nccc2ccccc12. The topological polar surface area (TPSA) is 82.4 Å². The van der Waals surface area contributed by atoms with Gasteiger partial charge in [-0.25, -0.2) is 4.79 Å². The predicted octanol–water partition coefficient (Wildman–Crippen LogP) is 4.01. The molecule has 0 aliphatic heterocycles. The van der Waals surface area contributed by atoms with Crippen LogP contribution in [0.25, 0.3) is 10.8 Å². The molecule has 0 fully saturated rings. The fraction of sp³-hybridized carbons (Fsp3) is 0.217. The van der Waals surface area contributed by atoms with Gasteiger partial charge in [0.1, 0.15) is 19.4 Å². The number of carbonyl (C=O) groups excluding carboxylic acids is 1. The van der Waals surface area contributed by atoms with Crippen LogP contribution in [-0.2, 0) is 25.8 Å². The standard InChI is InChI=1S/C23H23N3O4/c1-15-8-7-11-19(22(26-29-4)23(27)28-3)20(15)14-30-25-16(2)21-18-10-6-5-9-17(18)12-13-24-21/h5-13H,14H2,1-4H3/b25-16+,26-22+. The highest BCUT2D eigenvalue weighted by molar-refractivity contribution is 6.43. The molecule has 0 spiro atoms. The quantitative estimate of drug-likeness (QED) is 0.337. The number of pyridine rings is 1. The molecule has 0 N–H and O–H groups in total. The lowest BCUT2D eigenvalue weighted by atomic mass is 9.99. The molecule has 2 aromatic carbocycles. The largest absolute Gasteiger partial charge is 0.464 e. The average molecular weight is 405 g/mol. The van der Waals surface area contributed by atoms with Crippen molar-refractivity contribution in [3.63, 3.8) is 0 Å². The highest BCUT2D eigenvalue weighted by Gasteiger charge is 2.20. The highest BCUT2D eigenvalue weighted by atomic mass is 16.6. The van der Waals surface area contributed by atoms with Gasteiger partial charge in [-0.2, -0.15) is 0 Å². The lowest BCUT2D eigenvalue weighted by molar-refractivity contribution is -0.132. The van der Waals surface area contributed by atoms with E-state index in [0.29, 0.717) is 11.3 Å². The first-order chi connectivity index (χ1) is 14.6. The van der Waals surface area contributed by atoms with Gasteiger partial charge in [0, 0.05) is 22.7 Å². The van der Waals surface area contributed by atoms with Gasteiger partial charge in [-0.3, -0.25) is 4.98 Å². The van der Waals surface area contributed by atoms with Gasteiger partial charge < -0.3 is 14.4 Å². The second-order valence-electron chi connectivity index (χ2n) is 6.55. The molecule has 0 saturated heterocycles. The summed E-state index contributed by atoms with van der Waals surface area (Å²) in [7, 11) is 2.67. The molecule has 1 aromatic heterocycles. The van der Waals surface area contributed by atoms with Crippen molar-refractivity contribution in [2.75, 3.05) is 14.2 Å². The minimum Gasteiger partial charge on any atom is -0.464 e. The zero-order valence-electron chi connectivity index (χ0n) is 17.4. The average Bonchev–Trinajstić information content (AvgIpc) is 2.77. The Bertz CT molecular complexity index is 1120. The van der Waals surface area contributed by atoms with E-state index < -0.39 is 5.97 Å². The molecule has 3 rings (SSSR count). The molecule has 0 aliphatic carbocycles.